The SMILES string of the molecule is CCNC(=NCc1cccc(C(N)=O)c1)NCCCn1c(C)nc2ccccc21. The molecule has 0 unspecified atom stereocenters. The van der Waals surface area contributed by atoms with Crippen LogP contribution in [-0.2, 0) is 13.1 Å². The second-order valence-electron chi connectivity index (χ2n) is 6.84. The molecule has 3 aromatic rings. The molecule has 7 heteroatoms. The molecular formula is C22H28N6O. The number of aryl methyl sites for hydroxylation is 2. The predicted molar refractivity (Wildman–Crippen MR) is 117 cm³/mol. The molecular weight excluding hydrogens is 364 g/mol. The first-order valence-electron chi connectivity index (χ1n) is 9.91. The Labute approximate surface area is 171 Å². The van der Waals surface area contributed by atoms with E-state index in [1.807, 2.05) is 44.2 Å². The van der Waals surface area contributed by atoms with Gasteiger partial charge in [0.25, 0.3) is 0 Å². The summed E-state index contributed by atoms with van der Waals surface area (Å²) in [6.07, 6.45) is 0.947. The van der Waals surface area contributed by atoms with Crippen LogP contribution in [0.25, 0.3) is 11.0 Å². The molecule has 0 fully saturated rings. The number of nitrogens with one attached hydrogen (secondary N) is 2. The van der Waals surface area contributed by atoms with Crippen LogP contribution in [0.4, 0.5) is 0 Å². The zero-order valence-electron chi connectivity index (χ0n) is 17.0. The van der Waals surface area contributed by atoms with E-state index < -0.39 is 5.91 Å². The topological polar surface area (TPSA) is 97.3 Å². The van der Waals surface area contributed by atoms with E-state index in [0.29, 0.717) is 12.1 Å². The average Bonchev–Trinajstić information content (AvgIpc) is 3.04. The Kier molecular flexibility index (Phi) is 6.84. The number of benzene rings is 2. The van der Waals surface area contributed by atoms with Gasteiger partial charge in [-0.3, -0.25) is 4.79 Å². The second-order valence-corrected chi connectivity index (χ2v) is 6.84. The molecule has 7 nitrogen and oxygen atoms in total. The lowest BCUT2D eigenvalue weighted by atomic mass is 10.1. The van der Waals surface area contributed by atoms with Crippen LogP contribution in [0, 0.1) is 6.92 Å². The van der Waals surface area contributed by atoms with Crippen molar-refractivity contribution in [3.05, 3.63) is 65.5 Å². The summed E-state index contributed by atoms with van der Waals surface area (Å²) < 4.78 is 2.25. The van der Waals surface area contributed by atoms with E-state index in [4.69, 9.17) is 5.73 Å². The quantitative estimate of drug-likeness (QED) is 0.312. The highest BCUT2D eigenvalue weighted by molar-refractivity contribution is 5.92. The molecule has 0 saturated carbocycles. The average molecular weight is 393 g/mol. The Morgan fingerprint density at radius 2 is 2.00 bits per heavy atom. The molecule has 3 rings (SSSR count). The number of aliphatic imine (C=N–C) groups is 1. The molecule has 0 aliphatic carbocycles. The number of imidazole rings is 1. The number of carbonyl (C=O) groups excluding carboxylic acids is 1. The number of rotatable bonds is 8. The van der Waals surface area contributed by atoms with Gasteiger partial charge in [0, 0.05) is 25.2 Å². The summed E-state index contributed by atoms with van der Waals surface area (Å²) in [5.41, 5.74) is 8.99. The lowest BCUT2D eigenvalue weighted by molar-refractivity contribution is 0.1000. The van der Waals surface area contributed by atoms with Gasteiger partial charge in [0.2, 0.25) is 5.91 Å². The van der Waals surface area contributed by atoms with Crippen LogP contribution >= 0.6 is 0 Å². The number of nitrogens with zero attached hydrogens (tertiary/aromatic N) is 3. The van der Waals surface area contributed by atoms with Crippen LogP contribution < -0.4 is 16.4 Å². The highest BCUT2D eigenvalue weighted by atomic mass is 16.1. The smallest absolute Gasteiger partial charge is 0.248 e. The van der Waals surface area contributed by atoms with Gasteiger partial charge in [0.05, 0.1) is 17.6 Å². The number of primary amides is 1. The molecule has 1 heterocycles. The van der Waals surface area contributed by atoms with Gasteiger partial charge < -0.3 is 20.9 Å². The summed E-state index contributed by atoms with van der Waals surface area (Å²) in [4.78, 5) is 20.5. The summed E-state index contributed by atoms with van der Waals surface area (Å²) in [7, 11) is 0. The molecule has 0 saturated heterocycles. The lowest BCUT2D eigenvalue weighted by Gasteiger charge is -2.12. The minimum absolute atomic E-state index is 0.428. The van der Waals surface area contributed by atoms with E-state index in [2.05, 4.69) is 31.2 Å². The van der Waals surface area contributed by atoms with Crippen LogP contribution in [0.1, 0.15) is 35.1 Å². The van der Waals surface area contributed by atoms with Gasteiger partial charge in [-0.25, -0.2) is 9.98 Å². The molecule has 29 heavy (non-hydrogen) atoms. The largest absolute Gasteiger partial charge is 0.366 e. The van der Waals surface area contributed by atoms with E-state index in [9.17, 15) is 4.79 Å². The molecule has 2 aromatic carbocycles. The predicted octanol–water partition coefficient (Wildman–Crippen LogP) is 2.59. The van der Waals surface area contributed by atoms with Crippen molar-refractivity contribution in [3.63, 3.8) is 0 Å². The highest BCUT2D eigenvalue weighted by Crippen LogP contribution is 2.15. The first-order chi connectivity index (χ1) is 14.1. The Balaban J connectivity index is 1.56. The van der Waals surface area contributed by atoms with Gasteiger partial charge in [-0.2, -0.15) is 0 Å². The van der Waals surface area contributed by atoms with Gasteiger partial charge >= 0.3 is 0 Å². The fourth-order valence-electron chi connectivity index (χ4n) is 3.26. The van der Waals surface area contributed by atoms with Gasteiger partial charge in [-0.05, 0) is 50.1 Å². The number of guanidine groups is 1. The number of hydrogen-bond acceptors (Lipinski definition) is 3. The first-order valence-corrected chi connectivity index (χ1v) is 9.91. The van der Waals surface area contributed by atoms with Crippen molar-refractivity contribution in [3.8, 4) is 0 Å². The molecule has 0 aliphatic rings. The van der Waals surface area contributed by atoms with Crippen LogP contribution in [0.3, 0.4) is 0 Å². The van der Waals surface area contributed by atoms with Crippen molar-refractivity contribution in [1.82, 2.24) is 20.2 Å². The van der Waals surface area contributed by atoms with Crippen LogP contribution in [-0.4, -0.2) is 34.5 Å². The highest BCUT2D eigenvalue weighted by Gasteiger charge is 2.06. The van der Waals surface area contributed by atoms with Crippen molar-refractivity contribution in [2.45, 2.75) is 33.4 Å². The van der Waals surface area contributed by atoms with Crippen molar-refractivity contribution in [1.29, 1.82) is 0 Å². The Morgan fingerprint density at radius 3 is 2.79 bits per heavy atom. The molecule has 0 radical (unpaired) electrons. The van der Waals surface area contributed by atoms with Crippen molar-refractivity contribution < 1.29 is 4.79 Å². The maximum atomic E-state index is 11.3. The lowest BCUT2D eigenvalue weighted by Crippen LogP contribution is -2.38. The molecule has 0 bridgehead atoms. The number of para-hydroxylation sites is 2. The molecule has 0 aliphatic heterocycles. The van der Waals surface area contributed by atoms with E-state index in [1.165, 1.54) is 5.52 Å². The monoisotopic (exact) mass is 392 g/mol. The third-order valence-electron chi connectivity index (χ3n) is 4.67. The second kappa shape index (κ2) is 9.73. The molecule has 1 aromatic heterocycles. The summed E-state index contributed by atoms with van der Waals surface area (Å²) in [6.45, 7) is 7.00. The molecule has 0 atom stereocenters. The number of fused-ring (bicyclic) bond motifs is 1. The summed E-state index contributed by atoms with van der Waals surface area (Å²) in [5, 5.41) is 6.62. The fourth-order valence-corrected chi connectivity index (χ4v) is 3.26. The number of nitrogens with two attached hydrogens (primary N) is 1. The Bertz CT molecular complexity index is 1010. The van der Waals surface area contributed by atoms with Crippen molar-refractivity contribution in [2.75, 3.05) is 13.1 Å². The first kappa shape index (κ1) is 20.4. The minimum atomic E-state index is -0.428. The minimum Gasteiger partial charge on any atom is -0.366 e. The van der Waals surface area contributed by atoms with E-state index in [-0.39, 0.29) is 0 Å². The van der Waals surface area contributed by atoms with E-state index in [0.717, 1.165) is 48.9 Å². The van der Waals surface area contributed by atoms with E-state index >= 15 is 0 Å². The summed E-state index contributed by atoms with van der Waals surface area (Å²) >= 11 is 0. The van der Waals surface area contributed by atoms with Gasteiger partial charge in [-0.15, -0.1) is 0 Å². The third-order valence-corrected chi connectivity index (χ3v) is 4.67. The Morgan fingerprint density at radius 1 is 1.17 bits per heavy atom. The van der Waals surface area contributed by atoms with Crippen molar-refractivity contribution in [2.24, 2.45) is 10.7 Å². The summed E-state index contributed by atoms with van der Waals surface area (Å²) in [6, 6.07) is 15.5. The number of carbonyl (C=O) groups is 1. The normalized spacial score (nSPS) is 11.6. The maximum Gasteiger partial charge on any atom is 0.248 e. The molecule has 152 valence electrons. The third kappa shape index (κ3) is 5.34. The van der Waals surface area contributed by atoms with E-state index in [1.54, 1.807) is 12.1 Å². The standard InChI is InChI=1S/C22H28N6O/c1-3-24-22(26-15-17-8-6-9-18(14-17)21(23)29)25-12-7-13-28-16(2)27-19-10-4-5-11-20(19)28/h4-6,8-11,14H,3,7,12-13,15H2,1-2H3,(H2,23,29)(H2,24,25,26). The van der Waals surface area contributed by atoms with Crippen LogP contribution in [0.2, 0.25) is 0 Å². The van der Waals surface area contributed by atoms with Gasteiger partial charge in [0.1, 0.15) is 5.82 Å². The Hall–Kier alpha value is -3.35. The number of aromatic nitrogens is 2. The zero-order chi connectivity index (χ0) is 20.6. The number of amides is 1. The van der Waals surface area contributed by atoms with Gasteiger partial charge in [0.15, 0.2) is 5.96 Å². The number of hydrogen-bond donors (Lipinski definition) is 3. The van der Waals surface area contributed by atoms with Crippen LogP contribution in [0.15, 0.2) is 53.5 Å². The van der Waals surface area contributed by atoms with Gasteiger partial charge in [-0.1, -0.05) is 24.3 Å². The summed E-state index contributed by atoms with van der Waals surface area (Å²) in [5.74, 6) is 1.36. The fraction of sp³-hybridized carbons (Fsp3) is 0.318. The van der Waals surface area contributed by atoms with Crippen LogP contribution in [0.5, 0.6) is 0 Å². The maximum absolute atomic E-state index is 11.3. The zero-order valence-corrected chi connectivity index (χ0v) is 17.0. The molecule has 0 spiro atoms. The molecule has 1 amide bonds. The van der Waals surface area contributed by atoms with Crippen molar-refractivity contribution >= 4 is 22.9 Å². The molecule has 4 N–H and O–H groups in total.